The third-order valence-electron chi connectivity index (χ3n) is 2.42. The Morgan fingerprint density at radius 2 is 2.11 bits per heavy atom. The maximum atomic E-state index is 11.9. The van der Waals surface area contributed by atoms with Crippen LogP contribution < -0.4 is 5.48 Å². The third kappa shape index (κ3) is 3.95. The van der Waals surface area contributed by atoms with Gasteiger partial charge in [0.1, 0.15) is 11.3 Å². The van der Waals surface area contributed by atoms with Gasteiger partial charge in [-0.3, -0.25) is 4.84 Å². The summed E-state index contributed by atoms with van der Waals surface area (Å²) in [6.07, 6.45) is -4.36. The molecule has 7 heteroatoms. The van der Waals surface area contributed by atoms with Crippen molar-refractivity contribution in [2.45, 2.75) is 19.1 Å². The fourth-order valence-corrected chi connectivity index (χ4v) is 1.93. The molecule has 1 heterocycles. The number of rotatable bonds is 4. The topological polar surface area (TPSA) is 34.4 Å². The molecule has 2 aromatic rings. The Bertz CT molecular complexity index is 568. The minimum Gasteiger partial charge on any atom is -0.459 e. The molecule has 0 radical (unpaired) electrons. The molecule has 3 nitrogen and oxygen atoms in total. The van der Waals surface area contributed by atoms with Crippen LogP contribution in [0.3, 0.4) is 0 Å². The van der Waals surface area contributed by atoms with Crippen LogP contribution in [0, 0.1) is 0 Å². The van der Waals surface area contributed by atoms with Crippen LogP contribution in [-0.2, 0) is 4.84 Å². The summed E-state index contributed by atoms with van der Waals surface area (Å²) in [6.45, 7) is 0.312. The number of alkyl halides is 3. The zero-order valence-corrected chi connectivity index (χ0v) is 11.5. The summed E-state index contributed by atoms with van der Waals surface area (Å²) in [4.78, 5) is 4.39. The van der Waals surface area contributed by atoms with Crippen LogP contribution in [0.2, 0.25) is 0 Å². The molecular formula is C12H11BrF3NO2. The first kappa shape index (κ1) is 14.4. The van der Waals surface area contributed by atoms with Crippen LogP contribution in [0.5, 0.6) is 0 Å². The van der Waals surface area contributed by atoms with Gasteiger partial charge in [0.2, 0.25) is 0 Å². The number of hydrogen-bond donors (Lipinski definition) is 1. The maximum absolute atomic E-state index is 11.9. The number of furan rings is 1. The molecule has 0 bridgehead atoms. The number of hydrogen-bond acceptors (Lipinski definition) is 3. The molecule has 0 saturated carbocycles. The number of hydroxylamine groups is 1. The van der Waals surface area contributed by atoms with Crippen LogP contribution in [0.25, 0.3) is 11.0 Å². The molecule has 19 heavy (non-hydrogen) atoms. The minimum atomic E-state index is -4.36. The van der Waals surface area contributed by atoms with Crippen molar-refractivity contribution in [3.63, 3.8) is 0 Å². The van der Waals surface area contributed by atoms with Crippen LogP contribution >= 0.6 is 15.9 Å². The summed E-state index contributed by atoms with van der Waals surface area (Å²) in [5.41, 5.74) is 2.97. The summed E-state index contributed by atoms with van der Waals surface area (Å²) < 4.78 is 42.2. The fourth-order valence-electron chi connectivity index (χ4n) is 1.55. The summed E-state index contributed by atoms with van der Waals surface area (Å²) in [5, 5.41) is 0.869. The van der Waals surface area contributed by atoms with E-state index in [1.165, 1.54) is 0 Å². The van der Waals surface area contributed by atoms with Gasteiger partial charge in [0.15, 0.2) is 6.61 Å². The molecule has 104 valence electrons. The maximum Gasteiger partial charge on any atom is 0.413 e. The average molecular weight is 338 g/mol. The second-order valence-electron chi connectivity index (χ2n) is 4.07. The predicted octanol–water partition coefficient (Wildman–Crippen LogP) is 4.34. The van der Waals surface area contributed by atoms with Crippen LogP contribution in [0.4, 0.5) is 13.2 Å². The first-order chi connectivity index (χ1) is 8.85. The first-order valence-electron chi connectivity index (χ1n) is 5.48. The SMILES string of the molecule is CC(NOCC(F)(F)F)c1cc2cc(Br)ccc2o1. The Morgan fingerprint density at radius 1 is 1.37 bits per heavy atom. The summed E-state index contributed by atoms with van der Waals surface area (Å²) >= 11 is 3.34. The van der Waals surface area contributed by atoms with Gasteiger partial charge in [-0.05, 0) is 31.2 Å². The quantitative estimate of drug-likeness (QED) is 0.842. The molecule has 0 aliphatic rings. The van der Waals surface area contributed by atoms with Crippen molar-refractivity contribution in [3.05, 3.63) is 34.5 Å². The molecule has 1 unspecified atom stereocenters. The molecule has 1 N–H and O–H groups in total. The third-order valence-corrected chi connectivity index (χ3v) is 2.91. The zero-order chi connectivity index (χ0) is 14.0. The van der Waals surface area contributed by atoms with Gasteiger partial charge in [0, 0.05) is 9.86 Å². The molecule has 0 amide bonds. The number of benzene rings is 1. The molecule has 0 saturated heterocycles. The van der Waals surface area contributed by atoms with Crippen molar-refractivity contribution in [1.29, 1.82) is 0 Å². The average Bonchev–Trinajstić information content (AvgIpc) is 2.70. The normalized spacial score (nSPS) is 13.9. The van der Waals surface area contributed by atoms with E-state index < -0.39 is 18.8 Å². The van der Waals surface area contributed by atoms with E-state index in [2.05, 4.69) is 26.2 Å². The van der Waals surface area contributed by atoms with Crippen molar-refractivity contribution >= 4 is 26.9 Å². The number of fused-ring (bicyclic) bond motifs is 1. The van der Waals surface area contributed by atoms with Gasteiger partial charge >= 0.3 is 6.18 Å². The Kier molecular flexibility index (Phi) is 4.17. The molecule has 2 rings (SSSR count). The van der Waals surface area contributed by atoms with E-state index in [1.54, 1.807) is 19.1 Å². The smallest absolute Gasteiger partial charge is 0.413 e. The molecule has 0 aliphatic carbocycles. The lowest BCUT2D eigenvalue weighted by Crippen LogP contribution is -2.26. The Balaban J connectivity index is 2.03. The summed E-state index contributed by atoms with van der Waals surface area (Å²) in [6, 6.07) is 6.76. The van der Waals surface area contributed by atoms with Crippen LogP contribution in [0.15, 0.2) is 33.2 Å². The number of nitrogens with one attached hydrogen (secondary N) is 1. The van der Waals surface area contributed by atoms with Crippen LogP contribution in [-0.4, -0.2) is 12.8 Å². The van der Waals surface area contributed by atoms with Gasteiger partial charge in [0.05, 0.1) is 6.04 Å². The molecule has 1 aromatic carbocycles. The summed E-state index contributed by atoms with van der Waals surface area (Å²) in [5.74, 6) is 0.510. The highest BCUT2D eigenvalue weighted by atomic mass is 79.9. The van der Waals surface area contributed by atoms with E-state index in [0.717, 1.165) is 9.86 Å². The van der Waals surface area contributed by atoms with Crippen molar-refractivity contribution in [2.24, 2.45) is 0 Å². The lowest BCUT2D eigenvalue weighted by atomic mass is 10.2. The highest BCUT2D eigenvalue weighted by molar-refractivity contribution is 9.10. The Labute approximate surface area is 115 Å². The number of halogens is 4. The highest BCUT2D eigenvalue weighted by Crippen LogP contribution is 2.26. The van der Waals surface area contributed by atoms with Crippen molar-refractivity contribution in [3.8, 4) is 0 Å². The monoisotopic (exact) mass is 337 g/mol. The van der Waals surface area contributed by atoms with E-state index in [4.69, 9.17) is 4.42 Å². The second-order valence-corrected chi connectivity index (χ2v) is 4.99. The molecule has 0 spiro atoms. The second kappa shape index (κ2) is 5.52. The minimum absolute atomic E-state index is 0.478. The van der Waals surface area contributed by atoms with Gasteiger partial charge in [-0.25, -0.2) is 0 Å². The highest BCUT2D eigenvalue weighted by Gasteiger charge is 2.28. The van der Waals surface area contributed by atoms with E-state index in [-0.39, 0.29) is 0 Å². The molecule has 1 aromatic heterocycles. The molecule has 0 fully saturated rings. The largest absolute Gasteiger partial charge is 0.459 e. The van der Waals surface area contributed by atoms with Gasteiger partial charge in [-0.15, -0.1) is 0 Å². The lowest BCUT2D eigenvalue weighted by molar-refractivity contribution is -0.193. The molecule has 1 atom stereocenters. The standard InChI is InChI=1S/C12H11BrF3NO2/c1-7(17-18-6-12(14,15)16)11-5-8-4-9(13)2-3-10(8)19-11/h2-5,7,17H,6H2,1H3. The summed E-state index contributed by atoms with van der Waals surface area (Å²) in [7, 11) is 0. The van der Waals surface area contributed by atoms with E-state index in [0.29, 0.717) is 11.3 Å². The first-order valence-corrected chi connectivity index (χ1v) is 6.27. The van der Waals surface area contributed by atoms with E-state index in [1.807, 2.05) is 12.1 Å². The molecular weight excluding hydrogens is 327 g/mol. The van der Waals surface area contributed by atoms with Crippen molar-refractivity contribution < 1.29 is 22.4 Å². The Hall–Kier alpha value is -1.05. The van der Waals surface area contributed by atoms with Gasteiger partial charge in [0.25, 0.3) is 0 Å². The van der Waals surface area contributed by atoms with E-state index >= 15 is 0 Å². The fraction of sp³-hybridized carbons (Fsp3) is 0.333. The van der Waals surface area contributed by atoms with E-state index in [9.17, 15) is 13.2 Å². The predicted molar refractivity (Wildman–Crippen MR) is 67.5 cm³/mol. The van der Waals surface area contributed by atoms with Crippen molar-refractivity contribution in [1.82, 2.24) is 5.48 Å². The zero-order valence-electron chi connectivity index (χ0n) is 9.92. The molecule has 0 aliphatic heterocycles. The Morgan fingerprint density at radius 3 is 2.79 bits per heavy atom. The van der Waals surface area contributed by atoms with Gasteiger partial charge in [-0.2, -0.15) is 18.7 Å². The van der Waals surface area contributed by atoms with Crippen LogP contribution in [0.1, 0.15) is 18.7 Å². The lowest BCUT2D eigenvalue weighted by Gasteiger charge is -2.12. The van der Waals surface area contributed by atoms with Gasteiger partial charge < -0.3 is 4.42 Å². The van der Waals surface area contributed by atoms with Crippen molar-refractivity contribution in [2.75, 3.05) is 6.61 Å². The van der Waals surface area contributed by atoms with Gasteiger partial charge in [-0.1, -0.05) is 15.9 Å².